The van der Waals surface area contributed by atoms with Crippen LogP contribution in [0.4, 0.5) is 26.3 Å². The van der Waals surface area contributed by atoms with Crippen molar-refractivity contribution in [1.82, 2.24) is 0 Å². The molecule has 0 aromatic rings. The van der Waals surface area contributed by atoms with Crippen molar-refractivity contribution in [3.63, 3.8) is 0 Å². The van der Waals surface area contributed by atoms with Crippen molar-refractivity contribution < 1.29 is 45.4 Å². The molecule has 210 valence electrons. The molecule has 6 aliphatic carbocycles. The quantitative estimate of drug-likeness (QED) is 0.288. The summed E-state index contributed by atoms with van der Waals surface area (Å²) in [4.78, 5) is 26.0. The van der Waals surface area contributed by atoms with Gasteiger partial charge in [-0.3, -0.25) is 9.59 Å². The van der Waals surface area contributed by atoms with E-state index in [1.54, 1.807) is 13.8 Å². The lowest BCUT2D eigenvalue weighted by molar-refractivity contribution is -0.266. The maximum absolute atomic E-state index is 14.7. The van der Waals surface area contributed by atoms with Crippen LogP contribution in [0, 0.1) is 58.2 Å². The molecule has 0 saturated heterocycles. The zero-order valence-corrected chi connectivity index (χ0v) is 21.7. The first-order valence-corrected chi connectivity index (χ1v) is 13.4. The highest BCUT2D eigenvalue weighted by Crippen LogP contribution is 2.69. The van der Waals surface area contributed by atoms with E-state index in [-0.39, 0.29) is 18.3 Å². The average Bonchev–Trinajstić information content (AvgIpc) is 3.32. The van der Waals surface area contributed by atoms with E-state index in [1.807, 2.05) is 0 Å². The Morgan fingerprint density at radius 1 is 0.919 bits per heavy atom. The molecule has 0 aromatic heterocycles. The van der Waals surface area contributed by atoms with Gasteiger partial charge in [0.15, 0.2) is 10.8 Å². The number of carbonyl (C=O) groups excluding carboxylic acids is 2. The number of carbonyl (C=O) groups is 2. The third kappa shape index (κ3) is 3.69. The predicted molar refractivity (Wildman–Crippen MR) is 120 cm³/mol. The summed E-state index contributed by atoms with van der Waals surface area (Å²) in [7, 11) is 0.864. The monoisotopic (exact) mass is 538 g/mol. The van der Waals surface area contributed by atoms with Crippen molar-refractivity contribution in [2.24, 2.45) is 58.2 Å². The third-order valence-corrected chi connectivity index (χ3v) is 11.6. The number of esters is 2. The van der Waals surface area contributed by atoms with Gasteiger partial charge in [0.1, 0.15) is 5.60 Å². The minimum absolute atomic E-state index is 0.00352. The fraction of sp³-hybridized carbons (Fsp3) is 0.926. The van der Waals surface area contributed by atoms with Crippen LogP contribution in [0.5, 0.6) is 0 Å². The highest BCUT2D eigenvalue weighted by molar-refractivity contribution is 5.80. The van der Waals surface area contributed by atoms with Gasteiger partial charge in [0, 0.05) is 0 Å². The lowest BCUT2D eigenvalue weighted by Crippen LogP contribution is -2.60. The predicted octanol–water partition coefficient (Wildman–Crippen LogP) is 6.72. The minimum atomic E-state index is -5.03. The zero-order chi connectivity index (χ0) is 27.3. The number of methoxy groups -OCH3 is 1. The van der Waals surface area contributed by atoms with Crippen molar-refractivity contribution in [3.8, 4) is 0 Å². The lowest BCUT2D eigenvalue weighted by atomic mass is 9.50. The molecule has 6 fully saturated rings. The van der Waals surface area contributed by atoms with Gasteiger partial charge in [-0.2, -0.15) is 26.3 Å². The van der Waals surface area contributed by atoms with Crippen LogP contribution in [0.2, 0.25) is 0 Å². The second-order valence-corrected chi connectivity index (χ2v) is 13.2. The van der Waals surface area contributed by atoms with E-state index in [2.05, 4.69) is 4.74 Å². The van der Waals surface area contributed by atoms with Crippen LogP contribution >= 0.6 is 0 Å². The smallest absolute Gasteiger partial charge is 0.405 e. The molecule has 6 bridgehead atoms. The van der Waals surface area contributed by atoms with Gasteiger partial charge in [0.2, 0.25) is 0 Å². The van der Waals surface area contributed by atoms with Crippen LogP contribution in [-0.4, -0.2) is 37.0 Å². The van der Waals surface area contributed by atoms with E-state index in [9.17, 15) is 35.9 Å². The number of hydrogen-bond acceptors (Lipinski definition) is 4. The molecule has 0 aliphatic heterocycles. The third-order valence-electron chi connectivity index (χ3n) is 11.6. The van der Waals surface area contributed by atoms with Gasteiger partial charge in [-0.15, -0.1) is 0 Å². The molecule has 6 saturated carbocycles. The molecule has 37 heavy (non-hydrogen) atoms. The summed E-state index contributed by atoms with van der Waals surface area (Å²) in [5.74, 6) is -5.41. The van der Waals surface area contributed by atoms with Crippen molar-refractivity contribution in [2.75, 3.05) is 7.11 Å². The molecule has 4 nitrogen and oxygen atoms in total. The van der Waals surface area contributed by atoms with Crippen LogP contribution in [0.1, 0.15) is 72.1 Å². The Kier molecular flexibility index (Phi) is 6.05. The largest absolute Gasteiger partial charge is 0.468 e. The fourth-order valence-electron chi connectivity index (χ4n) is 9.40. The van der Waals surface area contributed by atoms with Crippen molar-refractivity contribution in [2.45, 2.75) is 90.1 Å². The lowest BCUT2D eigenvalue weighted by Gasteiger charge is -2.59. The number of hydrogen-bond donors (Lipinski definition) is 0. The van der Waals surface area contributed by atoms with Gasteiger partial charge < -0.3 is 9.47 Å². The Morgan fingerprint density at radius 3 is 1.89 bits per heavy atom. The summed E-state index contributed by atoms with van der Waals surface area (Å²) in [6.45, 7) is 4.15. The first kappa shape index (κ1) is 27.1. The molecule has 6 rings (SSSR count). The molecular weight excluding hydrogens is 502 g/mol. The standard InChI is InChI=1S/C27H36F6O4/c1-13-16-10-20(25(11-16,22(35)36-4)27(31,32)33)19(13)12-23(2,26(28,29)30)21(34)37-24(3)17-6-14-5-15(8-17)9-18(24)7-14/h13-20H,5-12H2,1-4H3. The van der Waals surface area contributed by atoms with Crippen LogP contribution < -0.4 is 0 Å². The maximum atomic E-state index is 14.7. The number of ether oxygens (including phenoxy) is 2. The normalized spacial score (nSPS) is 46.1. The van der Waals surface area contributed by atoms with Gasteiger partial charge in [-0.1, -0.05) is 6.92 Å². The second-order valence-electron chi connectivity index (χ2n) is 13.2. The molecule has 10 heteroatoms. The van der Waals surface area contributed by atoms with E-state index in [4.69, 9.17) is 4.74 Å². The van der Waals surface area contributed by atoms with Crippen molar-refractivity contribution in [3.05, 3.63) is 0 Å². The summed E-state index contributed by atoms with van der Waals surface area (Å²) in [6.07, 6.45) is -6.92. The molecule has 0 heterocycles. The van der Waals surface area contributed by atoms with E-state index < -0.39 is 77.2 Å². The van der Waals surface area contributed by atoms with E-state index in [0.29, 0.717) is 11.8 Å². The Morgan fingerprint density at radius 2 is 1.46 bits per heavy atom. The van der Waals surface area contributed by atoms with Gasteiger partial charge in [0.05, 0.1) is 7.11 Å². The molecule has 0 N–H and O–H groups in total. The van der Waals surface area contributed by atoms with Crippen LogP contribution in [-0.2, 0) is 19.1 Å². The second kappa shape index (κ2) is 8.26. The topological polar surface area (TPSA) is 52.6 Å². The summed E-state index contributed by atoms with van der Waals surface area (Å²) in [5, 5.41) is 0. The van der Waals surface area contributed by atoms with Crippen molar-refractivity contribution in [1.29, 1.82) is 0 Å². The molecular formula is C27H36F6O4. The van der Waals surface area contributed by atoms with Crippen LogP contribution in [0.25, 0.3) is 0 Å². The molecule has 6 aliphatic rings. The summed E-state index contributed by atoms with van der Waals surface area (Å²) < 4.78 is 97.4. The summed E-state index contributed by atoms with van der Waals surface area (Å²) in [5.41, 5.74) is -6.84. The number of rotatable bonds is 5. The minimum Gasteiger partial charge on any atom is -0.468 e. The Balaban J connectivity index is 1.44. The fourth-order valence-corrected chi connectivity index (χ4v) is 9.40. The Hall–Kier alpha value is -1.48. The Labute approximate surface area is 213 Å². The number of alkyl halides is 6. The molecule has 6 atom stereocenters. The van der Waals surface area contributed by atoms with E-state index in [0.717, 1.165) is 46.1 Å². The zero-order valence-electron chi connectivity index (χ0n) is 21.7. The highest BCUT2D eigenvalue weighted by atomic mass is 19.4. The van der Waals surface area contributed by atoms with Crippen LogP contribution in [0.15, 0.2) is 0 Å². The average molecular weight is 539 g/mol. The van der Waals surface area contributed by atoms with E-state index in [1.165, 1.54) is 0 Å². The van der Waals surface area contributed by atoms with Crippen molar-refractivity contribution >= 4 is 11.9 Å². The SMILES string of the molecule is COC(=O)C1(C(F)(F)F)CC2CC1C(CC(C)(C(=O)OC1(C)C3CC4CC(C3)CC1C4)C(F)(F)F)C2C. The van der Waals surface area contributed by atoms with Gasteiger partial charge in [0.25, 0.3) is 0 Å². The van der Waals surface area contributed by atoms with Crippen LogP contribution in [0.3, 0.4) is 0 Å². The number of halogens is 6. The maximum Gasteiger partial charge on any atom is 0.405 e. The molecule has 0 spiro atoms. The molecule has 0 aromatic carbocycles. The molecule has 6 unspecified atom stereocenters. The van der Waals surface area contributed by atoms with Gasteiger partial charge in [-0.25, -0.2) is 0 Å². The van der Waals surface area contributed by atoms with E-state index >= 15 is 0 Å². The first-order valence-electron chi connectivity index (χ1n) is 13.4. The highest BCUT2D eigenvalue weighted by Gasteiger charge is 2.75. The first-order chi connectivity index (χ1) is 17.0. The molecule has 0 amide bonds. The van der Waals surface area contributed by atoms with Gasteiger partial charge >= 0.3 is 24.3 Å². The number of fused-ring (bicyclic) bond motifs is 2. The summed E-state index contributed by atoms with van der Waals surface area (Å²) in [6, 6.07) is 0. The Bertz CT molecular complexity index is 932. The molecule has 0 radical (unpaired) electrons. The summed E-state index contributed by atoms with van der Waals surface area (Å²) >= 11 is 0. The van der Waals surface area contributed by atoms with Gasteiger partial charge in [-0.05, 0) is 113 Å².